The standard InChI is InChI=1S/C9H16N4O2S/c1-7-9(6-11-12-7)16(14,15)13(5-4-10)8-2-3-8/h6,8H,2-5,10H2,1H3,(H,11,12). The molecule has 1 saturated carbocycles. The Balaban J connectivity index is 2.32. The lowest BCUT2D eigenvalue weighted by molar-refractivity contribution is 0.411. The number of rotatable bonds is 5. The first kappa shape index (κ1) is 11.6. The number of sulfonamides is 1. The van der Waals surface area contributed by atoms with Crippen molar-refractivity contribution < 1.29 is 8.42 Å². The van der Waals surface area contributed by atoms with Gasteiger partial charge in [0.1, 0.15) is 4.90 Å². The molecular formula is C9H16N4O2S. The van der Waals surface area contributed by atoms with Gasteiger partial charge in [0.15, 0.2) is 0 Å². The zero-order valence-corrected chi connectivity index (χ0v) is 10.00. The van der Waals surface area contributed by atoms with Gasteiger partial charge < -0.3 is 5.73 Å². The molecule has 0 aromatic carbocycles. The van der Waals surface area contributed by atoms with Crippen LogP contribution in [-0.4, -0.2) is 42.1 Å². The van der Waals surface area contributed by atoms with Gasteiger partial charge in [0.05, 0.1) is 11.9 Å². The number of nitrogens with one attached hydrogen (secondary N) is 1. The molecule has 2 rings (SSSR count). The Morgan fingerprint density at radius 3 is 2.75 bits per heavy atom. The van der Waals surface area contributed by atoms with Gasteiger partial charge in [-0.25, -0.2) is 8.42 Å². The van der Waals surface area contributed by atoms with Crippen molar-refractivity contribution in [3.8, 4) is 0 Å². The summed E-state index contributed by atoms with van der Waals surface area (Å²) in [6, 6.07) is 0.128. The zero-order valence-electron chi connectivity index (χ0n) is 9.18. The SMILES string of the molecule is Cc1[nH]ncc1S(=O)(=O)N(CCN)C1CC1. The maximum Gasteiger partial charge on any atom is 0.246 e. The highest BCUT2D eigenvalue weighted by Gasteiger charge is 2.38. The Bertz CT molecular complexity index is 464. The van der Waals surface area contributed by atoms with Crippen LogP contribution in [0.15, 0.2) is 11.1 Å². The van der Waals surface area contributed by atoms with Crippen LogP contribution in [0.4, 0.5) is 0 Å². The van der Waals surface area contributed by atoms with E-state index < -0.39 is 10.0 Å². The minimum Gasteiger partial charge on any atom is -0.329 e. The third-order valence-electron chi connectivity index (χ3n) is 2.67. The first-order valence-electron chi connectivity index (χ1n) is 5.29. The second-order valence-electron chi connectivity index (χ2n) is 3.99. The number of nitrogens with zero attached hydrogens (tertiary/aromatic N) is 2. The van der Waals surface area contributed by atoms with E-state index in [1.807, 2.05) is 0 Å². The van der Waals surface area contributed by atoms with Crippen LogP contribution in [-0.2, 0) is 10.0 Å². The van der Waals surface area contributed by atoms with E-state index in [0.717, 1.165) is 12.8 Å². The van der Waals surface area contributed by atoms with Gasteiger partial charge >= 0.3 is 0 Å². The maximum atomic E-state index is 12.3. The van der Waals surface area contributed by atoms with Gasteiger partial charge in [-0.05, 0) is 19.8 Å². The third kappa shape index (κ3) is 1.98. The van der Waals surface area contributed by atoms with Crippen LogP contribution in [0.3, 0.4) is 0 Å². The summed E-state index contributed by atoms with van der Waals surface area (Å²) in [6.45, 7) is 2.41. The number of hydrogen-bond acceptors (Lipinski definition) is 4. The molecule has 1 aliphatic carbocycles. The summed E-state index contributed by atoms with van der Waals surface area (Å²) in [4.78, 5) is 0.257. The van der Waals surface area contributed by atoms with E-state index in [1.54, 1.807) is 6.92 Å². The second-order valence-corrected chi connectivity index (χ2v) is 5.85. The first-order valence-corrected chi connectivity index (χ1v) is 6.73. The van der Waals surface area contributed by atoms with E-state index in [9.17, 15) is 8.42 Å². The number of nitrogens with two attached hydrogens (primary N) is 1. The minimum atomic E-state index is -3.43. The molecule has 90 valence electrons. The van der Waals surface area contributed by atoms with Crippen LogP contribution >= 0.6 is 0 Å². The summed E-state index contributed by atoms with van der Waals surface area (Å²) in [5.41, 5.74) is 6.03. The molecule has 3 N–H and O–H groups in total. The van der Waals surface area contributed by atoms with Gasteiger partial charge in [0, 0.05) is 19.1 Å². The molecule has 1 heterocycles. The number of hydrogen-bond donors (Lipinski definition) is 2. The van der Waals surface area contributed by atoms with Crippen molar-refractivity contribution >= 4 is 10.0 Å². The Hall–Kier alpha value is -0.920. The number of aromatic amines is 1. The lowest BCUT2D eigenvalue weighted by atomic mass is 10.5. The molecule has 1 fully saturated rings. The van der Waals surface area contributed by atoms with Crippen LogP contribution in [0, 0.1) is 6.92 Å². The molecular weight excluding hydrogens is 228 g/mol. The fraction of sp³-hybridized carbons (Fsp3) is 0.667. The van der Waals surface area contributed by atoms with Gasteiger partial charge in [-0.3, -0.25) is 5.10 Å². The van der Waals surface area contributed by atoms with Gasteiger partial charge in [-0.2, -0.15) is 9.40 Å². The van der Waals surface area contributed by atoms with E-state index in [2.05, 4.69) is 10.2 Å². The Morgan fingerprint density at radius 1 is 1.62 bits per heavy atom. The maximum absolute atomic E-state index is 12.3. The molecule has 0 aliphatic heterocycles. The van der Waals surface area contributed by atoms with Gasteiger partial charge in [0.2, 0.25) is 10.0 Å². The van der Waals surface area contributed by atoms with Crippen molar-refractivity contribution in [2.24, 2.45) is 5.73 Å². The van der Waals surface area contributed by atoms with E-state index in [-0.39, 0.29) is 10.9 Å². The summed E-state index contributed by atoms with van der Waals surface area (Å²) in [5.74, 6) is 0. The molecule has 6 nitrogen and oxygen atoms in total. The molecule has 0 unspecified atom stereocenters. The van der Waals surface area contributed by atoms with Gasteiger partial charge in [-0.1, -0.05) is 0 Å². The van der Waals surface area contributed by atoms with Crippen LogP contribution in [0.1, 0.15) is 18.5 Å². The molecule has 0 saturated heterocycles. The number of aromatic nitrogens is 2. The molecule has 16 heavy (non-hydrogen) atoms. The normalized spacial score (nSPS) is 16.9. The third-order valence-corrected chi connectivity index (χ3v) is 4.74. The van der Waals surface area contributed by atoms with Gasteiger partial charge in [-0.15, -0.1) is 0 Å². The molecule has 1 aromatic rings. The van der Waals surface area contributed by atoms with Crippen molar-refractivity contribution in [3.05, 3.63) is 11.9 Å². The Morgan fingerprint density at radius 2 is 2.31 bits per heavy atom. The summed E-state index contributed by atoms with van der Waals surface area (Å²) >= 11 is 0. The van der Waals surface area contributed by atoms with E-state index in [0.29, 0.717) is 18.8 Å². The highest BCUT2D eigenvalue weighted by atomic mass is 32.2. The summed E-state index contributed by atoms with van der Waals surface area (Å²) < 4.78 is 26.1. The lowest BCUT2D eigenvalue weighted by Gasteiger charge is -2.20. The summed E-state index contributed by atoms with van der Waals surface area (Å²) in [5, 5.41) is 6.39. The van der Waals surface area contributed by atoms with Crippen LogP contribution in [0.2, 0.25) is 0 Å². The topological polar surface area (TPSA) is 92.1 Å². The van der Waals surface area contributed by atoms with Crippen molar-refractivity contribution in [3.63, 3.8) is 0 Å². The van der Waals surface area contributed by atoms with Crippen LogP contribution in [0.25, 0.3) is 0 Å². The second kappa shape index (κ2) is 4.15. The molecule has 0 spiro atoms. The largest absolute Gasteiger partial charge is 0.329 e. The fourth-order valence-corrected chi connectivity index (χ4v) is 3.54. The van der Waals surface area contributed by atoms with Gasteiger partial charge in [0.25, 0.3) is 0 Å². The monoisotopic (exact) mass is 244 g/mol. The quantitative estimate of drug-likeness (QED) is 0.752. The zero-order chi connectivity index (χ0) is 11.8. The average molecular weight is 244 g/mol. The molecule has 7 heteroatoms. The van der Waals surface area contributed by atoms with Crippen molar-refractivity contribution in [1.29, 1.82) is 0 Å². The van der Waals surface area contributed by atoms with E-state index in [4.69, 9.17) is 5.73 Å². The van der Waals surface area contributed by atoms with Crippen molar-refractivity contribution in [1.82, 2.24) is 14.5 Å². The molecule has 0 bridgehead atoms. The van der Waals surface area contributed by atoms with Crippen LogP contribution in [0.5, 0.6) is 0 Å². The molecule has 0 atom stereocenters. The molecule has 1 aromatic heterocycles. The Kier molecular flexibility index (Phi) is 3.00. The van der Waals surface area contributed by atoms with Crippen LogP contribution < -0.4 is 5.73 Å². The van der Waals surface area contributed by atoms with E-state index in [1.165, 1.54) is 10.5 Å². The Labute approximate surface area is 94.9 Å². The predicted octanol–water partition coefficient (Wildman–Crippen LogP) is -0.170. The van der Waals surface area contributed by atoms with Crippen molar-refractivity contribution in [2.75, 3.05) is 13.1 Å². The number of aryl methyl sites for hydroxylation is 1. The first-order chi connectivity index (χ1) is 7.57. The summed E-state index contributed by atoms with van der Waals surface area (Å²) in [7, 11) is -3.43. The minimum absolute atomic E-state index is 0.128. The lowest BCUT2D eigenvalue weighted by Crippen LogP contribution is -2.37. The highest BCUT2D eigenvalue weighted by molar-refractivity contribution is 7.89. The molecule has 1 aliphatic rings. The van der Waals surface area contributed by atoms with E-state index >= 15 is 0 Å². The smallest absolute Gasteiger partial charge is 0.246 e. The predicted molar refractivity (Wildman–Crippen MR) is 59.3 cm³/mol. The molecule has 0 amide bonds. The van der Waals surface area contributed by atoms with Crippen molar-refractivity contribution in [2.45, 2.75) is 30.7 Å². The summed E-state index contributed by atoms with van der Waals surface area (Å²) in [6.07, 6.45) is 3.21. The molecule has 0 radical (unpaired) electrons. The highest BCUT2D eigenvalue weighted by Crippen LogP contribution is 2.31. The number of H-pyrrole nitrogens is 1. The average Bonchev–Trinajstić information content (AvgIpc) is 2.96. The fourth-order valence-electron chi connectivity index (χ4n) is 1.71.